The number of anilines is 2. The maximum atomic E-state index is 13.2. The van der Waals surface area contributed by atoms with E-state index in [1.165, 1.54) is 18.4 Å². The predicted octanol–water partition coefficient (Wildman–Crippen LogP) is 5.94. The highest BCUT2D eigenvalue weighted by Crippen LogP contribution is 2.39. The standard InChI is InChI=1S/C23H30N2O/c1-3-4-5-9-16-23(26)25(19-12-7-6-8-13-19)22-17-18(2)24-21-15-11-10-14-20(21)22/h6-8,10-15,18,22,24H,3-5,9,16-17H2,1-2H3/t18-,22-/m0/s1. The van der Waals surface area contributed by atoms with Gasteiger partial charge in [-0.2, -0.15) is 0 Å². The molecule has 2 atom stereocenters. The largest absolute Gasteiger partial charge is 0.382 e. The second kappa shape index (κ2) is 8.88. The first-order valence-electron chi connectivity index (χ1n) is 9.93. The van der Waals surface area contributed by atoms with Gasteiger partial charge in [-0.25, -0.2) is 0 Å². The van der Waals surface area contributed by atoms with Gasteiger partial charge < -0.3 is 10.2 Å². The fourth-order valence-corrected chi connectivity index (χ4v) is 3.86. The molecule has 1 amide bonds. The van der Waals surface area contributed by atoms with E-state index < -0.39 is 0 Å². The molecule has 0 fully saturated rings. The van der Waals surface area contributed by atoms with Crippen LogP contribution in [0, 0.1) is 0 Å². The smallest absolute Gasteiger partial charge is 0.227 e. The summed E-state index contributed by atoms with van der Waals surface area (Å²) in [4.78, 5) is 15.3. The van der Waals surface area contributed by atoms with E-state index in [0.29, 0.717) is 12.5 Å². The molecule has 3 nitrogen and oxygen atoms in total. The Bertz CT molecular complexity index is 713. The van der Waals surface area contributed by atoms with Crippen LogP contribution in [0.15, 0.2) is 54.6 Å². The van der Waals surface area contributed by atoms with Crippen LogP contribution in [0.5, 0.6) is 0 Å². The Labute approximate surface area is 157 Å². The number of nitrogens with zero attached hydrogens (tertiary/aromatic N) is 1. The average molecular weight is 351 g/mol. The molecule has 1 aliphatic heterocycles. The Morgan fingerprint density at radius 3 is 2.54 bits per heavy atom. The van der Waals surface area contributed by atoms with Gasteiger partial charge in [-0.05, 0) is 43.5 Å². The molecule has 3 rings (SSSR count). The van der Waals surface area contributed by atoms with Crippen molar-refractivity contribution < 1.29 is 4.79 Å². The first-order chi connectivity index (χ1) is 12.7. The summed E-state index contributed by atoms with van der Waals surface area (Å²) in [5.41, 5.74) is 3.37. The molecule has 1 heterocycles. The molecule has 26 heavy (non-hydrogen) atoms. The third-order valence-corrected chi connectivity index (χ3v) is 5.16. The van der Waals surface area contributed by atoms with Crippen LogP contribution in [0.1, 0.15) is 64.0 Å². The predicted molar refractivity (Wildman–Crippen MR) is 110 cm³/mol. The summed E-state index contributed by atoms with van der Waals surface area (Å²) in [6.45, 7) is 4.39. The summed E-state index contributed by atoms with van der Waals surface area (Å²) in [6.07, 6.45) is 6.03. The second-order valence-electron chi connectivity index (χ2n) is 7.29. The van der Waals surface area contributed by atoms with Crippen molar-refractivity contribution in [3.63, 3.8) is 0 Å². The van der Waals surface area contributed by atoms with Crippen LogP contribution in [0.3, 0.4) is 0 Å². The minimum Gasteiger partial charge on any atom is -0.382 e. The molecular formula is C23H30N2O. The van der Waals surface area contributed by atoms with Crippen LogP contribution >= 0.6 is 0 Å². The third kappa shape index (κ3) is 4.27. The number of unbranched alkanes of at least 4 members (excludes halogenated alkanes) is 3. The van der Waals surface area contributed by atoms with E-state index >= 15 is 0 Å². The van der Waals surface area contributed by atoms with E-state index in [4.69, 9.17) is 0 Å². The zero-order chi connectivity index (χ0) is 18.4. The van der Waals surface area contributed by atoms with Crippen molar-refractivity contribution in [2.24, 2.45) is 0 Å². The number of benzene rings is 2. The second-order valence-corrected chi connectivity index (χ2v) is 7.29. The van der Waals surface area contributed by atoms with Gasteiger partial charge in [-0.15, -0.1) is 0 Å². The van der Waals surface area contributed by atoms with Crippen LogP contribution < -0.4 is 10.2 Å². The van der Waals surface area contributed by atoms with Gasteiger partial charge >= 0.3 is 0 Å². The quantitative estimate of drug-likeness (QED) is 0.627. The molecule has 0 spiro atoms. The normalized spacial score (nSPS) is 18.7. The van der Waals surface area contributed by atoms with Gasteiger partial charge in [-0.3, -0.25) is 4.79 Å². The molecule has 0 bridgehead atoms. The molecule has 0 aliphatic carbocycles. The van der Waals surface area contributed by atoms with E-state index in [1.807, 2.05) is 23.1 Å². The lowest BCUT2D eigenvalue weighted by Gasteiger charge is -2.39. The van der Waals surface area contributed by atoms with Crippen molar-refractivity contribution >= 4 is 17.3 Å². The molecule has 0 aromatic heterocycles. The number of fused-ring (bicyclic) bond motifs is 1. The molecule has 0 saturated heterocycles. The Kier molecular flexibility index (Phi) is 6.32. The highest BCUT2D eigenvalue weighted by Gasteiger charge is 2.32. The van der Waals surface area contributed by atoms with Gasteiger partial charge in [0.05, 0.1) is 6.04 Å². The zero-order valence-corrected chi connectivity index (χ0v) is 15.9. The molecule has 0 radical (unpaired) electrons. The molecule has 0 saturated carbocycles. The van der Waals surface area contributed by atoms with Crippen LogP contribution in [0.4, 0.5) is 11.4 Å². The highest BCUT2D eigenvalue weighted by molar-refractivity contribution is 5.94. The van der Waals surface area contributed by atoms with E-state index in [0.717, 1.165) is 30.6 Å². The maximum Gasteiger partial charge on any atom is 0.227 e. The lowest BCUT2D eigenvalue weighted by molar-refractivity contribution is -0.119. The van der Waals surface area contributed by atoms with Gasteiger partial charge in [0.25, 0.3) is 0 Å². The molecular weight excluding hydrogens is 320 g/mol. The molecule has 2 aromatic rings. The minimum atomic E-state index is 0.0866. The fraction of sp³-hybridized carbons (Fsp3) is 0.435. The van der Waals surface area contributed by atoms with Crippen molar-refractivity contribution in [2.75, 3.05) is 10.2 Å². The minimum absolute atomic E-state index is 0.0866. The average Bonchev–Trinajstić information content (AvgIpc) is 2.66. The SMILES string of the molecule is CCCCCCC(=O)N(c1ccccc1)[C@H]1C[C@H](C)Nc2ccccc21. The van der Waals surface area contributed by atoms with E-state index in [1.54, 1.807) is 0 Å². The summed E-state index contributed by atoms with van der Waals surface area (Å²) < 4.78 is 0. The molecule has 2 aromatic carbocycles. The zero-order valence-electron chi connectivity index (χ0n) is 15.9. The highest BCUT2D eigenvalue weighted by atomic mass is 16.2. The number of hydrogen-bond donors (Lipinski definition) is 1. The van der Waals surface area contributed by atoms with Gasteiger partial charge in [0.1, 0.15) is 0 Å². The number of para-hydroxylation sites is 2. The van der Waals surface area contributed by atoms with E-state index in [2.05, 4.69) is 55.6 Å². The molecule has 1 aliphatic rings. The lowest BCUT2D eigenvalue weighted by Crippen LogP contribution is -2.40. The summed E-state index contributed by atoms with van der Waals surface area (Å²) in [7, 11) is 0. The van der Waals surface area contributed by atoms with Crippen LogP contribution in [-0.2, 0) is 4.79 Å². The van der Waals surface area contributed by atoms with Crippen molar-refractivity contribution in [3.8, 4) is 0 Å². The van der Waals surface area contributed by atoms with Gasteiger partial charge in [0.2, 0.25) is 5.91 Å². The molecule has 1 N–H and O–H groups in total. The van der Waals surface area contributed by atoms with Crippen LogP contribution in [-0.4, -0.2) is 11.9 Å². The maximum absolute atomic E-state index is 13.2. The van der Waals surface area contributed by atoms with Gasteiger partial charge in [0, 0.05) is 23.8 Å². The number of carbonyl (C=O) groups excluding carboxylic acids is 1. The van der Waals surface area contributed by atoms with Crippen LogP contribution in [0.25, 0.3) is 0 Å². The number of rotatable bonds is 7. The monoisotopic (exact) mass is 350 g/mol. The van der Waals surface area contributed by atoms with Gasteiger partial charge in [-0.1, -0.05) is 62.6 Å². The van der Waals surface area contributed by atoms with E-state index in [-0.39, 0.29) is 11.9 Å². The topological polar surface area (TPSA) is 32.3 Å². The number of amides is 1. The number of hydrogen-bond acceptors (Lipinski definition) is 2. The Balaban J connectivity index is 1.90. The Hall–Kier alpha value is -2.29. The van der Waals surface area contributed by atoms with Crippen LogP contribution in [0.2, 0.25) is 0 Å². The molecule has 138 valence electrons. The van der Waals surface area contributed by atoms with Crippen molar-refractivity contribution in [3.05, 3.63) is 60.2 Å². The summed E-state index contributed by atoms with van der Waals surface area (Å²) in [6, 6.07) is 19.0. The Morgan fingerprint density at radius 1 is 1.04 bits per heavy atom. The lowest BCUT2D eigenvalue weighted by atomic mass is 9.91. The third-order valence-electron chi connectivity index (χ3n) is 5.16. The first kappa shape index (κ1) is 18.5. The number of carbonyl (C=O) groups is 1. The van der Waals surface area contributed by atoms with Gasteiger partial charge in [0.15, 0.2) is 0 Å². The Morgan fingerprint density at radius 2 is 1.77 bits per heavy atom. The van der Waals surface area contributed by atoms with E-state index in [9.17, 15) is 4.79 Å². The number of nitrogens with one attached hydrogen (secondary N) is 1. The van der Waals surface area contributed by atoms with Crippen molar-refractivity contribution in [2.45, 2.75) is 64.5 Å². The fourth-order valence-electron chi connectivity index (χ4n) is 3.86. The molecule has 3 heteroatoms. The first-order valence-corrected chi connectivity index (χ1v) is 9.93. The molecule has 0 unspecified atom stereocenters. The summed E-state index contributed by atoms with van der Waals surface area (Å²) in [5, 5.41) is 3.56. The summed E-state index contributed by atoms with van der Waals surface area (Å²) in [5.74, 6) is 0.237. The van der Waals surface area contributed by atoms with Crippen molar-refractivity contribution in [1.82, 2.24) is 0 Å². The summed E-state index contributed by atoms with van der Waals surface area (Å²) >= 11 is 0. The van der Waals surface area contributed by atoms with Crippen molar-refractivity contribution in [1.29, 1.82) is 0 Å².